The van der Waals surface area contributed by atoms with Gasteiger partial charge in [0.15, 0.2) is 0 Å². The molecule has 0 fully saturated rings. The van der Waals surface area contributed by atoms with Gasteiger partial charge >= 0.3 is 0 Å². The summed E-state index contributed by atoms with van der Waals surface area (Å²) in [5.41, 5.74) is 0.931. The minimum atomic E-state index is 0.284. The highest BCUT2D eigenvalue weighted by atomic mass is 32.1. The normalized spacial score (nSPS) is 9.92. The van der Waals surface area contributed by atoms with Crippen molar-refractivity contribution in [2.75, 3.05) is 0 Å². The highest BCUT2D eigenvalue weighted by molar-refractivity contribution is 7.17. The monoisotopic (exact) mass is 175 g/mol. The second kappa shape index (κ2) is 2.88. The summed E-state index contributed by atoms with van der Waals surface area (Å²) in [5, 5.41) is 10.4. The van der Waals surface area contributed by atoms with E-state index in [0.29, 0.717) is 5.82 Å². The lowest BCUT2D eigenvalue weighted by atomic mass is 10.4. The maximum Gasteiger partial charge on any atom is 0.143 e. The smallest absolute Gasteiger partial charge is 0.143 e. The predicted molar refractivity (Wildman–Crippen MR) is 46.7 cm³/mol. The van der Waals surface area contributed by atoms with Crippen LogP contribution in [0.4, 0.5) is 0 Å². The Labute approximate surface area is 73.3 Å². The van der Waals surface area contributed by atoms with E-state index in [2.05, 4.69) is 9.97 Å². The average molecular weight is 175 g/mol. The van der Waals surface area contributed by atoms with Crippen LogP contribution < -0.4 is 0 Å². The maximum absolute atomic E-state index is 8.41. The minimum Gasteiger partial charge on any atom is -0.239 e. The summed E-state index contributed by atoms with van der Waals surface area (Å²) in [5.74, 6) is 0.600. The molecule has 0 aliphatic carbocycles. The molecule has 0 saturated carbocycles. The fourth-order valence-electron chi connectivity index (χ4n) is 0.960. The Morgan fingerprint density at radius 1 is 1.58 bits per heavy atom. The first-order valence-electron chi connectivity index (χ1n) is 3.46. The van der Waals surface area contributed by atoms with Gasteiger partial charge in [-0.15, -0.1) is 11.3 Å². The molecular weight excluding hydrogens is 170 g/mol. The van der Waals surface area contributed by atoms with Crippen molar-refractivity contribution in [2.24, 2.45) is 0 Å². The molecule has 12 heavy (non-hydrogen) atoms. The second-order valence-electron chi connectivity index (χ2n) is 2.29. The number of hydrogen-bond acceptors (Lipinski definition) is 4. The Morgan fingerprint density at radius 3 is 3.33 bits per heavy atom. The van der Waals surface area contributed by atoms with Crippen molar-refractivity contribution in [3.63, 3.8) is 0 Å². The molecule has 0 radical (unpaired) electrons. The Morgan fingerprint density at radius 2 is 2.50 bits per heavy atom. The molecule has 0 aliphatic heterocycles. The van der Waals surface area contributed by atoms with Crippen LogP contribution in [-0.2, 0) is 6.42 Å². The Bertz CT molecular complexity index is 441. The third-order valence-corrected chi connectivity index (χ3v) is 2.33. The van der Waals surface area contributed by atoms with Crippen LogP contribution in [0.1, 0.15) is 5.82 Å². The van der Waals surface area contributed by atoms with Crippen LogP contribution >= 0.6 is 11.3 Å². The van der Waals surface area contributed by atoms with Crippen molar-refractivity contribution < 1.29 is 0 Å². The molecule has 0 aliphatic rings. The van der Waals surface area contributed by atoms with Crippen LogP contribution in [0.25, 0.3) is 10.2 Å². The lowest BCUT2D eigenvalue weighted by Gasteiger charge is -1.91. The summed E-state index contributed by atoms with van der Waals surface area (Å²) in [6.07, 6.45) is 2.05. The summed E-state index contributed by atoms with van der Waals surface area (Å²) in [4.78, 5) is 8.25. The lowest BCUT2D eigenvalue weighted by molar-refractivity contribution is 1.03. The van der Waals surface area contributed by atoms with Crippen molar-refractivity contribution in [1.82, 2.24) is 9.97 Å². The van der Waals surface area contributed by atoms with Gasteiger partial charge in [0.2, 0.25) is 0 Å². The average Bonchev–Trinajstić information content (AvgIpc) is 2.51. The molecule has 0 N–H and O–H groups in total. The van der Waals surface area contributed by atoms with Gasteiger partial charge in [-0.3, -0.25) is 0 Å². The van der Waals surface area contributed by atoms with E-state index in [1.54, 1.807) is 17.5 Å². The predicted octanol–water partition coefficient (Wildman–Crippen LogP) is 1.76. The fraction of sp³-hybridized carbons (Fsp3) is 0.125. The molecule has 3 nitrogen and oxygen atoms in total. The molecule has 2 heterocycles. The van der Waals surface area contributed by atoms with E-state index < -0.39 is 0 Å². The third-order valence-electron chi connectivity index (χ3n) is 1.49. The molecular formula is C8H5N3S. The number of nitriles is 1. The third kappa shape index (κ3) is 1.15. The zero-order chi connectivity index (χ0) is 8.39. The van der Waals surface area contributed by atoms with Gasteiger partial charge in [0.1, 0.15) is 5.82 Å². The molecule has 0 aromatic carbocycles. The van der Waals surface area contributed by atoms with E-state index in [4.69, 9.17) is 5.26 Å². The highest BCUT2D eigenvalue weighted by Crippen LogP contribution is 2.16. The molecule has 0 bridgehead atoms. The van der Waals surface area contributed by atoms with Crippen molar-refractivity contribution in [3.8, 4) is 6.07 Å². The van der Waals surface area contributed by atoms with Crippen LogP contribution in [0.3, 0.4) is 0 Å². The lowest BCUT2D eigenvalue weighted by Crippen LogP contribution is -1.90. The van der Waals surface area contributed by atoms with Crippen molar-refractivity contribution in [1.29, 1.82) is 5.26 Å². The SMILES string of the molecule is N#CCc1ncc2sccc2n1. The van der Waals surface area contributed by atoms with Gasteiger partial charge < -0.3 is 0 Å². The Hall–Kier alpha value is -1.47. The van der Waals surface area contributed by atoms with Gasteiger partial charge in [-0.2, -0.15) is 5.26 Å². The molecule has 0 spiro atoms. The molecule has 2 aromatic heterocycles. The van der Waals surface area contributed by atoms with Crippen LogP contribution in [-0.4, -0.2) is 9.97 Å². The van der Waals surface area contributed by atoms with Crippen molar-refractivity contribution >= 4 is 21.6 Å². The molecule has 0 saturated heterocycles. The number of hydrogen-bond donors (Lipinski definition) is 0. The van der Waals surface area contributed by atoms with Crippen molar-refractivity contribution in [2.45, 2.75) is 6.42 Å². The number of fused-ring (bicyclic) bond motifs is 1. The Kier molecular flexibility index (Phi) is 1.72. The largest absolute Gasteiger partial charge is 0.239 e. The first kappa shape index (κ1) is 7.19. The quantitative estimate of drug-likeness (QED) is 0.663. The molecule has 0 atom stereocenters. The molecule has 2 rings (SSSR count). The zero-order valence-electron chi connectivity index (χ0n) is 6.19. The summed E-state index contributed by atoms with van der Waals surface area (Å²) in [7, 11) is 0. The summed E-state index contributed by atoms with van der Waals surface area (Å²) in [6, 6.07) is 3.95. The van der Waals surface area contributed by atoms with E-state index in [0.717, 1.165) is 10.2 Å². The first-order valence-corrected chi connectivity index (χ1v) is 4.34. The minimum absolute atomic E-state index is 0.284. The molecule has 0 unspecified atom stereocenters. The first-order chi connectivity index (χ1) is 5.90. The van der Waals surface area contributed by atoms with E-state index in [1.165, 1.54) is 0 Å². The van der Waals surface area contributed by atoms with E-state index >= 15 is 0 Å². The zero-order valence-corrected chi connectivity index (χ0v) is 7.01. The molecule has 2 aromatic rings. The summed E-state index contributed by atoms with van der Waals surface area (Å²) in [6.45, 7) is 0. The van der Waals surface area contributed by atoms with E-state index in [9.17, 15) is 0 Å². The number of aromatic nitrogens is 2. The second-order valence-corrected chi connectivity index (χ2v) is 3.24. The van der Waals surface area contributed by atoms with E-state index in [1.807, 2.05) is 17.5 Å². The van der Waals surface area contributed by atoms with Crippen molar-refractivity contribution in [3.05, 3.63) is 23.5 Å². The van der Waals surface area contributed by atoms with Gasteiger partial charge in [0.05, 0.1) is 22.7 Å². The van der Waals surface area contributed by atoms with E-state index in [-0.39, 0.29) is 6.42 Å². The number of rotatable bonds is 1. The standard InChI is InChI=1S/C8H5N3S/c9-3-1-8-10-5-7-6(11-8)2-4-12-7/h2,4-5H,1H2. The molecule has 58 valence electrons. The van der Waals surface area contributed by atoms with Gasteiger partial charge in [-0.05, 0) is 11.4 Å². The highest BCUT2D eigenvalue weighted by Gasteiger charge is 1.99. The van der Waals surface area contributed by atoms with Gasteiger partial charge in [0.25, 0.3) is 0 Å². The molecule has 4 heteroatoms. The summed E-state index contributed by atoms with van der Waals surface area (Å²) < 4.78 is 1.07. The summed E-state index contributed by atoms with van der Waals surface area (Å²) >= 11 is 1.61. The van der Waals surface area contributed by atoms with Crippen LogP contribution in [0.5, 0.6) is 0 Å². The fourth-order valence-corrected chi connectivity index (χ4v) is 1.65. The number of nitrogens with zero attached hydrogens (tertiary/aromatic N) is 3. The van der Waals surface area contributed by atoms with Crippen LogP contribution in [0.15, 0.2) is 17.6 Å². The van der Waals surface area contributed by atoms with Gasteiger partial charge in [-0.1, -0.05) is 0 Å². The molecule has 0 amide bonds. The van der Waals surface area contributed by atoms with Gasteiger partial charge in [0, 0.05) is 6.20 Å². The van der Waals surface area contributed by atoms with Crippen LogP contribution in [0, 0.1) is 11.3 Å². The number of thiophene rings is 1. The topological polar surface area (TPSA) is 49.6 Å². The maximum atomic E-state index is 8.41. The van der Waals surface area contributed by atoms with Crippen LogP contribution in [0.2, 0.25) is 0 Å². The van der Waals surface area contributed by atoms with Gasteiger partial charge in [-0.25, -0.2) is 9.97 Å². The Balaban J connectivity index is 2.54.